The third-order valence-electron chi connectivity index (χ3n) is 4.79. The molecule has 3 atom stereocenters. The Morgan fingerprint density at radius 1 is 1.29 bits per heavy atom. The standard InChI is InChI=1S/C14H28/c1-5-9-12(3)14(4)11-8-7-10-13(14)6-2/h12-13H,5-11H2,1-4H3. The van der Waals surface area contributed by atoms with Gasteiger partial charge in [0, 0.05) is 0 Å². The second kappa shape index (κ2) is 5.19. The van der Waals surface area contributed by atoms with Crippen LogP contribution in [0.2, 0.25) is 0 Å². The molecule has 0 radical (unpaired) electrons. The fourth-order valence-electron chi connectivity index (χ4n) is 3.51. The van der Waals surface area contributed by atoms with Gasteiger partial charge in [0.2, 0.25) is 0 Å². The van der Waals surface area contributed by atoms with Gasteiger partial charge in [-0.1, -0.05) is 59.8 Å². The summed E-state index contributed by atoms with van der Waals surface area (Å²) in [6.07, 6.45) is 10.1. The van der Waals surface area contributed by atoms with Gasteiger partial charge in [-0.3, -0.25) is 0 Å². The molecule has 0 bridgehead atoms. The molecule has 3 unspecified atom stereocenters. The van der Waals surface area contributed by atoms with Crippen molar-refractivity contribution in [2.24, 2.45) is 17.3 Å². The number of rotatable bonds is 4. The quantitative estimate of drug-likeness (QED) is 0.591. The van der Waals surface area contributed by atoms with Crippen molar-refractivity contribution in [1.82, 2.24) is 0 Å². The van der Waals surface area contributed by atoms with Crippen LogP contribution in [0.5, 0.6) is 0 Å². The van der Waals surface area contributed by atoms with Crippen LogP contribution in [0.3, 0.4) is 0 Å². The van der Waals surface area contributed by atoms with Crippen LogP contribution in [0.1, 0.15) is 72.6 Å². The molecule has 0 N–H and O–H groups in total. The molecule has 0 saturated heterocycles. The fourth-order valence-corrected chi connectivity index (χ4v) is 3.51. The summed E-state index contributed by atoms with van der Waals surface area (Å²) in [7, 11) is 0. The molecular weight excluding hydrogens is 168 g/mol. The Bertz CT molecular complexity index is 161. The van der Waals surface area contributed by atoms with Crippen molar-refractivity contribution in [3.63, 3.8) is 0 Å². The van der Waals surface area contributed by atoms with Crippen molar-refractivity contribution < 1.29 is 0 Å². The van der Waals surface area contributed by atoms with Crippen molar-refractivity contribution in [3.8, 4) is 0 Å². The summed E-state index contributed by atoms with van der Waals surface area (Å²) in [4.78, 5) is 0. The van der Waals surface area contributed by atoms with E-state index in [-0.39, 0.29) is 0 Å². The second-order valence-electron chi connectivity index (χ2n) is 5.55. The van der Waals surface area contributed by atoms with Crippen molar-refractivity contribution in [2.75, 3.05) is 0 Å². The summed E-state index contributed by atoms with van der Waals surface area (Å²) >= 11 is 0. The lowest BCUT2D eigenvalue weighted by molar-refractivity contribution is 0.0443. The first-order valence-electron chi connectivity index (χ1n) is 6.65. The van der Waals surface area contributed by atoms with Crippen LogP contribution in [0.4, 0.5) is 0 Å². The van der Waals surface area contributed by atoms with Gasteiger partial charge in [-0.2, -0.15) is 0 Å². The first kappa shape index (κ1) is 12.1. The van der Waals surface area contributed by atoms with Crippen LogP contribution in [-0.4, -0.2) is 0 Å². The smallest absolute Gasteiger partial charge is 0.0272 e. The molecule has 0 aromatic carbocycles. The van der Waals surface area contributed by atoms with Gasteiger partial charge >= 0.3 is 0 Å². The van der Waals surface area contributed by atoms with E-state index in [9.17, 15) is 0 Å². The molecule has 0 aliphatic heterocycles. The lowest BCUT2D eigenvalue weighted by atomic mass is 9.59. The van der Waals surface area contributed by atoms with E-state index in [0.29, 0.717) is 5.41 Å². The topological polar surface area (TPSA) is 0 Å². The second-order valence-corrected chi connectivity index (χ2v) is 5.55. The number of hydrogen-bond donors (Lipinski definition) is 0. The maximum Gasteiger partial charge on any atom is -0.0272 e. The van der Waals surface area contributed by atoms with Gasteiger partial charge in [-0.15, -0.1) is 0 Å². The number of hydrogen-bond acceptors (Lipinski definition) is 0. The zero-order valence-electron chi connectivity index (χ0n) is 10.6. The Kier molecular flexibility index (Phi) is 4.47. The third-order valence-corrected chi connectivity index (χ3v) is 4.79. The molecular formula is C14H28. The van der Waals surface area contributed by atoms with E-state index in [1.807, 2.05) is 0 Å². The zero-order valence-corrected chi connectivity index (χ0v) is 10.6. The average molecular weight is 196 g/mol. The van der Waals surface area contributed by atoms with Gasteiger partial charge in [0.1, 0.15) is 0 Å². The maximum absolute atomic E-state index is 2.56. The zero-order chi connectivity index (χ0) is 10.6. The maximum atomic E-state index is 2.56. The Balaban J connectivity index is 2.66. The minimum Gasteiger partial charge on any atom is -0.0654 e. The van der Waals surface area contributed by atoms with E-state index in [2.05, 4.69) is 27.7 Å². The summed E-state index contributed by atoms with van der Waals surface area (Å²) in [6.45, 7) is 9.74. The molecule has 1 fully saturated rings. The summed E-state index contributed by atoms with van der Waals surface area (Å²) in [5.41, 5.74) is 0.656. The van der Waals surface area contributed by atoms with Gasteiger partial charge in [0.15, 0.2) is 0 Å². The highest BCUT2D eigenvalue weighted by Gasteiger charge is 2.38. The normalized spacial score (nSPS) is 35.6. The summed E-state index contributed by atoms with van der Waals surface area (Å²) < 4.78 is 0. The molecule has 0 spiro atoms. The largest absolute Gasteiger partial charge is 0.0654 e. The van der Waals surface area contributed by atoms with Crippen molar-refractivity contribution in [2.45, 2.75) is 72.6 Å². The molecule has 1 aliphatic rings. The Morgan fingerprint density at radius 2 is 2.00 bits per heavy atom. The molecule has 1 aliphatic carbocycles. The summed E-state index contributed by atoms with van der Waals surface area (Å²) in [5, 5.41) is 0. The molecule has 0 amide bonds. The highest BCUT2D eigenvalue weighted by molar-refractivity contribution is 4.89. The molecule has 0 heteroatoms. The molecule has 0 aromatic rings. The highest BCUT2D eigenvalue weighted by Crippen LogP contribution is 2.49. The predicted octanol–water partition coefficient (Wildman–Crippen LogP) is 5.03. The van der Waals surface area contributed by atoms with Gasteiger partial charge in [0.05, 0.1) is 0 Å². The first-order chi connectivity index (χ1) is 6.65. The van der Waals surface area contributed by atoms with Crippen molar-refractivity contribution in [1.29, 1.82) is 0 Å². The average Bonchev–Trinajstić information content (AvgIpc) is 2.19. The molecule has 14 heavy (non-hydrogen) atoms. The van der Waals surface area contributed by atoms with Crippen molar-refractivity contribution >= 4 is 0 Å². The monoisotopic (exact) mass is 196 g/mol. The Morgan fingerprint density at radius 3 is 2.57 bits per heavy atom. The van der Waals surface area contributed by atoms with E-state index >= 15 is 0 Å². The lowest BCUT2D eigenvalue weighted by Gasteiger charge is -2.46. The minimum absolute atomic E-state index is 0.656. The van der Waals surface area contributed by atoms with Crippen LogP contribution >= 0.6 is 0 Å². The molecule has 0 nitrogen and oxygen atoms in total. The van der Waals surface area contributed by atoms with Crippen LogP contribution in [0.25, 0.3) is 0 Å². The fraction of sp³-hybridized carbons (Fsp3) is 1.00. The summed E-state index contributed by atoms with van der Waals surface area (Å²) in [5.74, 6) is 1.93. The van der Waals surface area contributed by atoms with Crippen LogP contribution in [0, 0.1) is 17.3 Å². The van der Waals surface area contributed by atoms with Crippen molar-refractivity contribution in [3.05, 3.63) is 0 Å². The van der Waals surface area contributed by atoms with E-state index in [1.165, 1.54) is 44.9 Å². The molecule has 0 heterocycles. The predicted molar refractivity (Wildman–Crippen MR) is 64.4 cm³/mol. The van der Waals surface area contributed by atoms with Crippen LogP contribution in [-0.2, 0) is 0 Å². The Labute approximate surface area is 90.5 Å². The van der Waals surface area contributed by atoms with Gasteiger partial charge in [-0.05, 0) is 30.1 Å². The molecule has 1 saturated carbocycles. The summed E-state index contributed by atoms with van der Waals surface area (Å²) in [6, 6.07) is 0. The molecule has 1 rings (SSSR count). The Hall–Kier alpha value is 0. The van der Waals surface area contributed by atoms with E-state index in [4.69, 9.17) is 0 Å². The SMILES string of the molecule is CCCC(C)C1(C)CCCCC1CC. The van der Waals surface area contributed by atoms with E-state index in [1.54, 1.807) is 0 Å². The highest BCUT2D eigenvalue weighted by atomic mass is 14.4. The minimum atomic E-state index is 0.656. The van der Waals surface area contributed by atoms with Gasteiger partial charge in [-0.25, -0.2) is 0 Å². The van der Waals surface area contributed by atoms with Crippen LogP contribution in [0.15, 0.2) is 0 Å². The lowest BCUT2D eigenvalue weighted by Crippen LogP contribution is -2.36. The van der Waals surface area contributed by atoms with Gasteiger partial charge in [0.25, 0.3) is 0 Å². The first-order valence-corrected chi connectivity index (χ1v) is 6.65. The van der Waals surface area contributed by atoms with E-state index in [0.717, 1.165) is 11.8 Å². The van der Waals surface area contributed by atoms with Crippen LogP contribution < -0.4 is 0 Å². The van der Waals surface area contributed by atoms with Gasteiger partial charge < -0.3 is 0 Å². The van der Waals surface area contributed by atoms with E-state index < -0.39 is 0 Å². The molecule has 84 valence electrons. The molecule has 0 aromatic heterocycles. The third kappa shape index (κ3) is 2.32.